The zero-order valence-electron chi connectivity index (χ0n) is 6.31. The van der Waals surface area contributed by atoms with Gasteiger partial charge in [-0.25, -0.2) is 14.8 Å². The van der Waals surface area contributed by atoms with E-state index in [2.05, 4.69) is 14.7 Å². The molecule has 0 saturated heterocycles. The van der Waals surface area contributed by atoms with Crippen LogP contribution in [0.3, 0.4) is 0 Å². The van der Waals surface area contributed by atoms with Crippen LogP contribution in [0.25, 0.3) is 0 Å². The topological polar surface area (TPSA) is 75.9 Å². The van der Waals surface area contributed by atoms with E-state index in [0.29, 0.717) is 0 Å². The van der Waals surface area contributed by atoms with Crippen molar-refractivity contribution in [3.63, 3.8) is 0 Å². The van der Waals surface area contributed by atoms with Crippen LogP contribution in [0.5, 0.6) is 0 Å². The van der Waals surface area contributed by atoms with Gasteiger partial charge in [0.2, 0.25) is 0 Å². The van der Waals surface area contributed by atoms with Gasteiger partial charge in [-0.1, -0.05) is 0 Å². The number of hydrogen-bond acceptors (Lipinski definition) is 5. The molecule has 0 radical (unpaired) electrons. The average molecular weight is 163 g/mol. The first kappa shape index (κ1) is 8.14. The van der Waals surface area contributed by atoms with Crippen LogP contribution in [0.1, 0.15) is 16.2 Å². The Balaban J connectivity index is 2.94. The number of carbonyl (C=O) groups is 1. The van der Waals surface area contributed by atoms with Crippen LogP contribution in [-0.2, 0) is 4.74 Å². The second kappa shape index (κ2) is 3.44. The Morgan fingerprint density at radius 3 is 2.75 bits per heavy atom. The molecule has 1 rings (SSSR count). The summed E-state index contributed by atoms with van der Waals surface area (Å²) < 4.78 is 4.39. The van der Waals surface area contributed by atoms with Crippen molar-refractivity contribution in [2.75, 3.05) is 7.11 Å². The number of nitriles is 1. The Hall–Kier alpha value is -1.96. The van der Waals surface area contributed by atoms with E-state index in [0.717, 1.165) is 0 Å². The minimum Gasteiger partial charge on any atom is -0.464 e. The molecule has 0 atom stereocenters. The SMILES string of the molecule is COC(=O)c1cnc(C#N)cn1. The van der Waals surface area contributed by atoms with Crippen molar-refractivity contribution in [2.24, 2.45) is 0 Å². The second-order valence-corrected chi connectivity index (χ2v) is 1.89. The number of nitrogens with zero attached hydrogens (tertiary/aromatic N) is 3. The molecule has 0 aliphatic heterocycles. The molecule has 0 bridgehead atoms. The van der Waals surface area contributed by atoms with Crippen LogP contribution in [0.2, 0.25) is 0 Å². The predicted molar refractivity (Wildman–Crippen MR) is 38.1 cm³/mol. The molecule has 0 spiro atoms. The molecule has 0 aliphatic carbocycles. The van der Waals surface area contributed by atoms with Gasteiger partial charge in [0.15, 0.2) is 11.4 Å². The van der Waals surface area contributed by atoms with Gasteiger partial charge >= 0.3 is 5.97 Å². The lowest BCUT2D eigenvalue weighted by molar-refractivity contribution is 0.0593. The van der Waals surface area contributed by atoms with Crippen molar-refractivity contribution >= 4 is 5.97 Å². The molecule has 0 N–H and O–H groups in total. The molecule has 0 fully saturated rings. The van der Waals surface area contributed by atoms with Gasteiger partial charge in [0, 0.05) is 0 Å². The Labute approximate surface area is 68.6 Å². The molecule has 0 aromatic carbocycles. The molecular formula is C7H5N3O2. The van der Waals surface area contributed by atoms with Crippen molar-refractivity contribution in [1.82, 2.24) is 9.97 Å². The molecule has 1 heterocycles. The van der Waals surface area contributed by atoms with E-state index in [4.69, 9.17) is 5.26 Å². The zero-order valence-corrected chi connectivity index (χ0v) is 6.31. The van der Waals surface area contributed by atoms with E-state index in [9.17, 15) is 4.79 Å². The summed E-state index contributed by atoms with van der Waals surface area (Å²) in [7, 11) is 1.25. The van der Waals surface area contributed by atoms with Crippen LogP contribution in [0.15, 0.2) is 12.4 Å². The number of aromatic nitrogens is 2. The van der Waals surface area contributed by atoms with E-state index in [1.54, 1.807) is 6.07 Å². The van der Waals surface area contributed by atoms with Crippen molar-refractivity contribution in [3.05, 3.63) is 23.8 Å². The highest BCUT2D eigenvalue weighted by Crippen LogP contribution is 1.95. The number of rotatable bonds is 1. The minimum atomic E-state index is -0.563. The monoisotopic (exact) mass is 163 g/mol. The molecule has 5 nitrogen and oxygen atoms in total. The maximum atomic E-state index is 10.8. The highest BCUT2D eigenvalue weighted by atomic mass is 16.5. The first-order valence-corrected chi connectivity index (χ1v) is 3.08. The fourth-order valence-electron chi connectivity index (χ4n) is 0.596. The molecule has 12 heavy (non-hydrogen) atoms. The number of methoxy groups -OCH3 is 1. The third-order valence-electron chi connectivity index (χ3n) is 1.16. The van der Waals surface area contributed by atoms with Crippen molar-refractivity contribution in [2.45, 2.75) is 0 Å². The third-order valence-corrected chi connectivity index (χ3v) is 1.16. The summed E-state index contributed by atoms with van der Waals surface area (Å²) in [5.41, 5.74) is 0.263. The van der Waals surface area contributed by atoms with Gasteiger partial charge in [-0.2, -0.15) is 5.26 Å². The lowest BCUT2D eigenvalue weighted by Gasteiger charge is -1.95. The number of esters is 1. The van der Waals surface area contributed by atoms with E-state index in [1.165, 1.54) is 19.5 Å². The van der Waals surface area contributed by atoms with Gasteiger partial charge in [-0.05, 0) is 0 Å². The zero-order chi connectivity index (χ0) is 8.97. The van der Waals surface area contributed by atoms with Crippen LogP contribution < -0.4 is 0 Å². The molecule has 0 aliphatic rings. The van der Waals surface area contributed by atoms with Crippen molar-refractivity contribution < 1.29 is 9.53 Å². The summed E-state index contributed by atoms with van der Waals surface area (Å²) in [5, 5.41) is 8.36. The van der Waals surface area contributed by atoms with Gasteiger partial charge in [0.1, 0.15) is 6.07 Å². The van der Waals surface area contributed by atoms with Gasteiger partial charge < -0.3 is 4.74 Å². The summed E-state index contributed by atoms with van der Waals surface area (Å²) in [6, 6.07) is 1.79. The summed E-state index contributed by atoms with van der Waals surface area (Å²) in [4.78, 5) is 18.1. The first-order chi connectivity index (χ1) is 5.77. The van der Waals surface area contributed by atoms with E-state index in [-0.39, 0.29) is 11.4 Å². The molecule has 0 unspecified atom stereocenters. The van der Waals surface area contributed by atoms with Gasteiger partial charge in [-0.15, -0.1) is 0 Å². The number of ether oxygens (including phenoxy) is 1. The van der Waals surface area contributed by atoms with Crippen LogP contribution in [0, 0.1) is 11.3 Å². The largest absolute Gasteiger partial charge is 0.464 e. The smallest absolute Gasteiger partial charge is 0.358 e. The highest BCUT2D eigenvalue weighted by molar-refractivity contribution is 5.86. The molecule has 0 saturated carbocycles. The quantitative estimate of drug-likeness (QED) is 0.550. The summed E-state index contributed by atoms with van der Waals surface area (Å²) in [6.45, 7) is 0. The van der Waals surface area contributed by atoms with E-state index in [1.807, 2.05) is 0 Å². The van der Waals surface area contributed by atoms with Crippen molar-refractivity contribution in [1.29, 1.82) is 5.26 Å². The molecule has 0 amide bonds. The Bertz CT molecular complexity index is 325. The predicted octanol–water partition coefficient (Wildman–Crippen LogP) is 0.135. The fourth-order valence-corrected chi connectivity index (χ4v) is 0.596. The maximum Gasteiger partial charge on any atom is 0.358 e. The summed E-state index contributed by atoms with van der Waals surface area (Å²) in [5.74, 6) is -0.563. The molecule has 1 aromatic heterocycles. The lowest BCUT2D eigenvalue weighted by atomic mass is 10.4. The lowest BCUT2D eigenvalue weighted by Crippen LogP contribution is -2.04. The third kappa shape index (κ3) is 1.55. The normalized spacial score (nSPS) is 8.67. The van der Waals surface area contributed by atoms with Crippen LogP contribution in [0.4, 0.5) is 0 Å². The molecule has 60 valence electrons. The van der Waals surface area contributed by atoms with Gasteiger partial charge in [0.25, 0.3) is 0 Å². The Morgan fingerprint density at radius 2 is 2.33 bits per heavy atom. The van der Waals surface area contributed by atoms with E-state index < -0.39 is 5.97 Å². The number of hydrogen-bond donors (Lipinski definition) is 0. The standard InChI is InChI=1S/C7H5N3O2/c1-12-7(11)6-4-9-5(2-8)3-10-6/h3-4H,1H3. The molecule has 1 aromatic rings. The summed E-state index contributed by atoms with van der Waals surface area (Å²) in [6.07, 6.45) is 2.41. The molecule has 5 heteroatoms. The fraction of sp³-hybridized carbons (Fsp3) is 0.143. The van der Waals surface area contributed by atoms with E-state index >= 15 is 0 Å². The average Bonchev–Trinajstić information content (AvgIpc) is 2.17. The summed E-state index contributed by atoms with van der Waals surface area (Å²) >= 11 is 0. The Kier molecular flexibility index (Phi) is 2.33. The van der Waals surface area contributed by atoms with Crippen LogP contribution in [-0.4, -0.2) is 23.0 Å². The second-order valence-electron chi connectivity index (χ2n) is 1.89. The van der Waals surface area contributed by atoms with Crippen molar-refractivity contribution in [3.8, 4) is 6.07 Å². The first-order valence-electron chi connectivity index (χ1n) is 3.08. The highest BCUT2D eigenvalue weighted by Gasteiger charge is 2.06. The van der Waals surface area contributed by atoms with Gasteiger partial charge in [0.05, 0.1) is 19.5 Å². The van der Waals surface area contributed by atoms with Gasteiger partial charge in [-0.3, -0.25) is 0 Å². The maximum absolute atomic E-state index is 10.8. The molecular weight excluding hydrogens is 158 g/mol. The minimum absolute atomic E-state index is 0.0940. The number of carbonyl (C=O) groups excluding carboxylic acids is 1. The Morgan fingerprint density at radius 1 is 1.58 bits per heavy atom. The van der Waals surface area contributed by atoms with Crippen LogP contribution >= 0.6 is 0 Å².